The number of benzene rings is 1. The molecule has 0 radical (unpaired) electrons. The summed E-state index contributed by atoms with van der Waals surface area (Å²) in [4.78, 5) is 14.1. The fourth-order valence-corrected chi connectivity index (χ4v) is 4.63. The van der Waals surface area contributed by atoms with E-state index < -0.39 is 15.8 Å². The SMILES string of the molecule is CN([C@H]1CCCN(C(=O)c2ccn[nH]2)CC1)S(=O)(=O)c1cccc(F)c1. The molecule has 1 atom stereocenters. The zero-order chi connectivity index (χ0) is 18.7. The van der Waals surface area contributed by atoms with E-state index in [1.54, 1.807) is 11.0 Å². The molecule has 3 rings (SSSR count). The lowest BCUT2D eigenvalue weighted by Gasteiger charge is -2.26. The van der Waals surface area contributed by atoms with Crippen molar-refractivity contribution in [2.45, 2.75) is 30.2 Å². The molecule has 1 aliphatic heterocycles. The van der Waals surface area contributed by atoms with Crippen LogP contribution < -0.4 is 0 Å². The molecule has 1 aromatic carbocycles. The number of aromatic amines is 1. The van der Waals surface area contributed by atoms with Crippen molar-refractivity contribution in [2.24, 2.45) is 0 Å². The van der Waals surface area contributed by atoms with Crippen LogP contribution in [-0.2, 0) is 10.0 Å². The molecule has 1 fully saturated rings. The number of hydrogen-bond donors (Lipinski definition) is 1. The molecule has 0 bridgehead atoms. The van der Waals surface area contributed by atoms with Crippen molar-refractivity contribution >= 4 is 15.9 Å². The molecule has 2 aromatic rings. The topological polar surface area (TPSA) is 86.4 Å². The summed E-state index contributed by atoms with van der Waals surface area (Å²) in [6.45, 7) is 1.01. The molecule has 26 heavy (non-hydrogen) atoms. The lowest BCUT2D eigenvalue weighted by molar-refractivity contribution is 0.0754. The van der Waals surface area contributed by atoms with E-state index >= 15 is 0 Å². The second kappa shape index (κ2) is 7.55. The number of nitrogens with one attached hydrogen (secondary N) is 1. The van der Waals surface area contributed by atoms with Crippen LogP contribution in [0.3, 0.4) is 0 Å². The van der Waals surface area contributed by atoms with Gasteiger partial charge in [0.2, 0.25) is 10.0 Å². The second-order valence-corrected chi connectivity index (χ2v) is 8.32. The first-order chi connectivity index (χ1) is 12.4. The molecule has 1 amide bonds. The molecule has 2 heterocycles. The predicted octanol–water partition coefficient (Wildman–Crippen LogP) is 1.86. The minimum atomic E-state index is -3.78. The van der Waals surface area contributed by atoms with Gasteiger partial charge in [-0.1, -0.05) is 6.07 Å². The maximum atomic E-state index is 13.4. The van der Waals surface area contributed by atoms with Crippen LogP contribution in [0, 0.1) is 5.82 Å². The Balaban J connectivity index is 1.71. The normalized spacial score (nSPS) is 18.7. The maximum absolute atomic E-state index is 13.4. The van der Waals surface area contributed by atoms with Gasteiger partial charge in [-0.05, 0) is 43.5 Å². The van der Waals surface area contributed by atoms with Gasteiger partial charge >= 0.3 is 0 Å². The highest BCUT2D eigenvalue weighted by Gasteiger charge is 2.31. The Morgan fingerprint density at radius 1 is 1.31 bits per heavy atom. The Labute approximate surface area is 151 Å². The number of halogens is 1. The fourth-order valence-electron chi connectivity index (χ4n) is 3.18. The Morgan fingerprint density at radius 3 is 2.81 bits per heavy atom. The lowest BCUT2D eigenvalue weighted by atomic mass is 10.1. The maximum Gasteiger partial charge on any atom is 0.271 e. The highest BCUT2D eigenvalue weighted by Crippen LogP contribution is 2.23. The number of nitrogens with zero attached hydrogens (tertiary/aromatic N) is 3. The van der Waals surface area contributed by atoms with Crippen molar-refractivity contribution in [2.75, 3.05) is 20.1 Å². The van der Waals surface area contributed by atoms with Gasteiger partial charge < -0.3 is 4.90 Å². The highest BCUT2D eigenvalue weighted by atomic mass is 32.2. The van der Waals surface area contributed by atoms with E-state index in [-0.39, 0.29) is 16.8 Å². The predicted molar refractivity (Wildman–Crippen MR) is 93.5 cm³/mol. The molecular formula is C17H21FN4O3S. The van der Waals surface area contributed by atoms with Crippen molar-refractivity contribution in [3.05, 3.63) is 48.0 Å². The number of sulfonamides is 1. The number of likely N-dealkylation sites (tertiary alicyclic amines) is 1. The third-order valence-corrected chi connectivity index (χ3v) is 6.61. The van der Waals surface area contributed by atoms with Crippen molar-refractivity contribution in [1.82, 2.24) is 19.4 Å². The Hall–Kier alpha value is -2.26. The fraction of sp³-hybridized carbons (Fsp3) is 0.412. The van der Waals surface area contributed by atoms with Crippen LogP contribution in [0.5, 0.6) is 0 Å². The van der Waals surface area contributed by atoms with Gasteiger partial charge in [0.15, 0.2) is 0 Å². The summed E-state index contributed by atoms with van der Waals surface area (Å²) in [6, 6.07) is 6.38. The number of H-pyrrole nitrogens is 1. The van der Waals surface area contributed by atoms with Gasteiger partial charge in [0, 0.05) is 32.4 Å². The van der Waals surface area contributed by atoms with Crippen LogP contribution in [-0.4, -0.2) is 59.9 Å². The monoisotopic (exact) mass is 380 g/mol. The highest BCUT2D eigenvalue weighted by molar-refractivity contribution is 7.89. The van der Waals surface area contributed by atoms with Crippen LogP contribution >= 0.6 is 0 Å². The Morgan fingerprint density at radius 2 is 2.12 bits per heavy atom. The van der Waals surface area contributed by atoms with Gasteiger partial charge in [-0.25, -0.2) is 12.8 Å². The minimum Gasteiger partial charge on any atom is -0.337 e. The van der Waals surface area contributed by atoms with Gasteiger partial charge in [0.25, 0.3) is 5.91 Å². The number of hydrogen-bond acceptors (Lipinski definition) is 4. The van der Waals surface area contributed by atoms with E-state index in [0.29, 0.717) is 38.0 Å². The molecule has 0 spiro atoms. The molecule has 1 saturated heterocycles. The van der Waals surface area contributed by atoms with Crippen molar-refractivity contribution in [3.8, 4) is 0 Å². The molecule has 1 aliphatic rings. The smallest absolute Gasteiger partial charge is 0.271 e. The zero-order valence-electron chi connectivity index (χ0n) is 14.4. The van der Waals surface area contributed by atoms with Gasteiger partial charge in [-0.15, -0.1) is 0 Å². The van der Waals surface area contributed by atoms with E-state index in [1.807, 2.05) is 0 Å². The number of carbonyl (C=O) groups excluding carboxylic acids is 1. The van der Waals surface area contributed by atoms with Crippen LogP contribution in [0.2, 0.25) is 0 Å². The van der Waals surface area contributed by atoms with E-state index in [1.165, 1.54) is 35.7 Å². The lowest BCUT2D eigenvalue weighted by Crippen LogP contribution is -2.38. The van der Waals surface area contributed by atoms with Crippen LogP contribution in [0.25, 0.3) is 0 Å². The summed E-state index contributed by atoms with van der Waals surface area (Å²) in [7, 11) is -2.27. The van der Waals surface area contributed by atoms with E-state index in [4.69, 9.17) is 0 Å². The summed E-state index contributed by atoms with van der Waals surface area (Å²) in [5, 5.41) is 6.44. The van der Waals surface area contributed by atoms with Gasteiger partial charge in [-0.2, -0.15) is 9.40 Å². The van der Waals surface area contributed by atoms with Crippen LogP contribution in [0.15, 0.2) is 41.4 Å². The molecule has 140 valence electrons. The van der Waals surface area contributed by atoms with Crippen molar-refractivity contribution < 1.29 is 17.6 Å². The van der Waals surface area contributed by atoms with Crippen LogP contribution in [0.4, 0.5) is 4.39 Å². The molecule has 0 unspecified atom stereocenters. The number of amides is 1. The van der Waals surface area contributed by atoms with Gasteiger partial charge in [-0.3, -0.25) is 9.89 Å². The number of aromatic nitrogens is 2. The summed E-state index contributed by atoms with van der Waals surface area (Å²) in [5.74, 6) is -0.726. The third-order valence-electron chi connectivity index (χ3n) is 4.70. The van der Waals surface area contributed by atoms with E-state index in [0.717, 1.165) is 6.07 Å². The third kappa shape index (κ3) is 3.78. The molecule has 0 saturated carbocycles. The van der Waals surface area contributed by atoms with Crippen molar-refractivity contribution in [1.29, 1.82) is 0 Å². The summed E-state index contributed by atoms with van der Waals surface area (Å²) >= 11 is 0. The first-order valence-corrected chi connectivity index (χ1v) is 9.86. The Kier molecular flexibility index (Phi) is 5.38. The quantitative estimate of drug-likeness (QED) is 0.877. The first-order valence-electron chi connectivity index (χ1n) is 8.42. The van der Waals surface area contributed by atoms with E-state index in [2.05, 4.69) is 10.2 Å². The van der Waals surface area contributed by atoms with Gasteiger partial charge in [0.05, 0.1) is 4.90 Å². The molecule has 7 nitrogen and oxygen atoms in total. The molecule has 1 N–H and O–H groups in total. The molecule has 9 heteroatoms. The average Bonchev–Trinajstić information content (AvgIpc) is 3.05. The summed E-state index contributed by atoms with van der Waals surface area (Å²) in [5.41, 5.74) is 0.421. The number of carbonyl (C=O) groups is 1. The number of rotatable bonds is 4. The molecular weight excluding hydrogens is 359 g/mol. The largest absolute Gasteiger partial charge is 0.337 e. The molecule has 0 aliphatic carbocycles. The summed E-state index contributed by atoms with van der Waals surface area (Å²) < 4.78 is 40.2. The van der Waals surface area contributed by atoms with Crippen LogP contribution in [0.1, 0.15) is 29.8 Å². The second-order valence-electron chi connectivity index (χ2n) is 6.33. The Bertz CT molecular complexity index is 870. The van der Waals surface area contributed by atoms with Gasteiger partial charge in [0.1, 0.15) is 11.5 Å². The van der Waals surface area contributed by atoms with E-state index in [9.17, 15) is 17.6 Å². The minimum absolute atomic E-state index is 0.0605. The standard InChI is InChI=1S/C17H21FN4O3S/c1-21(26(24,25)15-6-2-4-13(18)12-15)14-5-3-10-22(11-8-14)17(23)16-7-9-19-20-16/h2,4,6-7,9,12,14H,3,5,8,10-11H2,1H3,(H,19,20)/t14-/m0/s1. The zero-order valence-corrected chi connectivity index (χ0v) is 15.2. The first kappa shape index (κ1) is 18.5. The summed E-state index contributed by atoms with van der Waals surface area (Å²) in [6.07, 6.45) is 3.36. The van der Waals surface area contributed by atoms with Crippen molar-refractivity contribution in [3.63, 3.8) is 0 Å². The average molecular weight is 380 g/mol. The molecule has 1 aromatic heterocycles.